The third kappa shape index (κ3) is 1.78. The average Bonchev–Trinajstić information content (AvgIpc) is 2.91. The minimum Gasteiger partial charge on any atom is -0.482 e. The average molecular weight is 269 g/mol. The molecule has 1 aromatic carbocycles. The van der Waals surface area contributed by atoms with Crippen molar-refractivity contribution in [2.24, 2.45) is 0 Å². The van der Waals surface area contributed by atoms with E-state index < -0.39 is 0 Å². The van der Waals surface area contributed by atoms with Gasteiger partial charge < -0.3 is 15.0 Å². The van der Waals surface area contributed by atoms with Crippen molar-refractivity contribution < 1.29 is 4.74 Å². The summed E-state index contributed by atoms with van der Waals surface area (Å²) in [7, 11) is 0. The number of ether oxygens (including phenoxy) is 1. The summed E-state index contributed by atoms with van der Waals surface area (Å²) in [6.07, 6.45) is 2.31. The number of fused-ring (bicyclic) bond motifs is 2. The Morgan fingerprint density at radius 2 is 2.20 bits per heavy atom. The predicted molar refractivity (Wildman–Crippen MR) is 75.2 cm³/mol. The molecule has 0 bridgehead atoms. The van der Waals surface area contributed by atoms with E-state index >= 15 is 0 Å². The van der Waals surface area contributed by atoms with E-state index in [1.807, 2.05) is 24.3 Å². The second-order valence-electron chi connectivity index (χ2n) is 5.23. The molecule has 1 unspecified atom stereocenters. The number of aromatic nitrogens is 2. The Balaban J connectivity index is 1.71. The molecule has 0 fully saturated rings. The molecule has 1 aromatic heterocycles. The first-order chi connectivity index (χ1) is 9.81. The molecular formula is C15H15N3O2. The minimum absolute atomic E-state index is 0.0447. The van der Waals surface area contributed by atoms with Gasteiger partial charge in [-0.15, -0.1) is 0 Å². The van der Waals surface area contributed by atoms with E-state index in [0.717, 1.165) is 48.5 Å². The molecule has 0 saturated carbocycles. The molecule has 0 saturated heterocycles. The van der Waals surface area contributed by atoms with Gasteiger partial charge in [0.25, 0.3) is 5.56 Å². The first-order valence-electron chi connectivity index (χ1n) is 6.93. The standard InChI is InChI=1S/C15H15N3O2/c19-15-10-5-3-7-16-13(10)17-14(18-15)12-8-9-4-1-2-6-11(9)20-12/h1-2,4,6,12H,3,5,7-8H2,(H2,16,17,18,19). The number of hydrogen-bond acceptors (Lipinski definition) is 4. The monoisotopic (exact) mass is 269 g/mol. The van der Waals surface area contributed by atoms with Crippen molar-refractivity contribution in [1.29, 1.82) is 0 Å². The van der Waals surface area contributed by atoms with Crippen LogP contribution in [0, 0.1) is 0 Å². The molecule has 102 valence electrons. The Morgan fingerprint density at radius 1 is 1.30 bits per heavy atom. The van der Waals surface area contributed by atoms with E-state index in [2.05, 4.69) is 15.3 Å². The highest BCUT2D eigenvalue weighted by Gasteiger charge is 2.27. The van der Waals surface area contributed by atoms with Crippen molar-refractivity contribution in [1.82, 2.24) is 9.97 Å². The molecule has 1 atom stereocenters. The number of nitrogens with zero attached hydrogens (tertiary/aromatic N) is 1. The Labute approximate surface area is 116 Å². The first-order valence-corrected chi connectivity index (χ1v) is 6.93. The van der Waals surface area contributed by atoms with Crippen LogP contribution < -0.4 is 15.6 Å². The summed E-state index contributed by atoms with van der Waals surface area (Å²) < 4.78 is 5.88. The van der Waals surface area contributed by atoms with Gasteiger partial charge in [0.2, 0.25) is 0 Å². The van der Waals surface area contributed by atoms with Gasteiger partial charge in [0.15, 0.2) is 11.9 Å². The van der Waals surface area contributed by atoms with Gasteiger partial charge in [0.05, 0.1) is 5.56 Å². The Morgan fingerprint density at radius 3 is 3.10 bits per heavy atom. The molecule has 0 radical (unpaired) electrons. The second kappa shape index (κ2) is 4.37. The Bertz CT molecular complexity index is 698. The summed E-state index contributed by atoms with van der Waals surface area (Å²) in [5.41, 5.74) is 1.87. The van der Waals surface area contributed by atoms with Crippen LogP contribution in [0.3, 0.4) is 0 Å². The normalized spacial score (nSPS) is 19.7. The lowest BCUT2D eigenvalue weighted by molar-refractivity contribution is 0.227. The lowest BCUT2D eigenvalue weighted by atomic mass is 10.1. The molecule has 2 aliphatic heterocycles. The minimum atomic E-state index is -0.200. The molecular weight excluding hydrogens is 254 g/mol. The number of hydrogen-bond donors (Lipinski definition) is 2. The van der Waals surface area contributed by atoms with Gasteiger partial charge in [-0.1, -0.05) is 18.2 Å². The molecule has 4 rings (SSSR count). The van der Waals surface area contributed by atoms with Crippen LogP contribution in [0.25, 0.3) is 0 Å². The molecule has 5 heteroatoms. The van der Waals surface area contributed by atoms with Crippen molar-refractivity contribution >= 4 is 5.82 Å². The zero-order valence-corrected chi connectivity index (χ0v) is 11.0. The first kappa shape index (κ1) is 11.5. The zero-order chi connectivity index (χ0) is 13.5. The lowest BCUT2D eigenvalue weighted by Gasteiger charge is -2.18. The molecule has 2 N–H and O–H groups in total. The maximum atomic E-state index is 12.1. The molecule has 20 heavy (non-hydrogen) atoms. The summed E-state index contributed by atoms with van der Waals surface area (Å²) in [6, 6.07) is 7.94. The zero-order valence-electron chi connectivity index (χ0n) is 11.0. The van der Waals surface area contributed by atoms with Gasteiger partial charge in [0, 0.05) is 13.0 Å². The smallest absolute Gasteiger partial charge is 0.256 e. The third-order valence-corrected chi connectivity index (χ3v) is 3.88. The predicted octanol–water partition coefficient (Wildman–Crippen LogP) is 1.80. The SMILES string of the molecule is O=c1[nH]c(C2Cc3ccccc3O2)nc2c1CCCN2. The molecule has 2 aliphatic rings. The number of H-pyrrole nitrogens is 1. The van der Waals surface area contributed by atoms with Crippen LogP contribution in [-0.4, -0.2) is 16.5 Å². The number of anilines is 1. The lowest BCUT2D eigenvalue weighted by Crippen LogP contribution is -2.26. The van der Waals surface area contributed by atoms with Gasteiger partial charge in [-0.25, -0.2) is 4.98 Å². The number of para-hydroxylation sites is 1. The molecule has 0 amide bonds. The van der Waals surface area contributed by atoms with Gasteiger partial charge in [-0.2, -0.15) is 0 Å². The van der Waals surface area contributed by atoms with Crippen molar-refractivity contribution in [3.63, 3.8) is 0 Å². The van der Waals surface area contributed by atoms with Gasteiger partial charge in [-0.05, 0) is 24.5 Å². The quantitative estimate of drug-likeness (QED) is 0.828. The Hall–Kier alpha value is -2.30. The van der Waals surface area contributed by atoms with E-state index in [1.54, 1.807) is 0 Å². The Kier molecular flexibility index (Phi) is 2.52. The second-order valence-corrected chi connectivity index (χ2v) is 5.23. The number of nitrogens with one attached hydrogen (secondary N) is 2. The van der Waals surface area contributed by atoms with E-state index in [9.17, 15) is 4.79 Å². The van der Waals surface area contributed by atoms with Gasteiger partial charge in [0.1, 0.15) is 11.6 Å². The van der Waals surface area contributed by atoms with E-state index in [4.69, 9.17) is 4.74 Å². The molecule has 3 heterocycles. The van der Waals surface area contributed by atoms with Crippen LogP contribution in [0.4, 0.5) is 5.82 Å². The van der Waals surface area contributed by atoms with E-state index in [1.165, 1.54) is 0 Å². The molecule has 5 nitrogen and oxygen atoms in total. The fraction of sp³-hybridized carbons (Fsp3) is 0.333. The van der Waals surface area contributed by atoms with Gasteiger partial charge >= 0.3 is 0 Å². The van der Waals surface area contributed by atoms with E-state index in [-0.39, 0.29) is 11.7 Å². The molecule has 2 aromatic rings. The number of aromatic amines is 1. The van der Waals surface area contributed by atoms with Crippen LogP contribution in [0.15, 0.2) is 29.1 Å². The highest BCUT2D eigenvalue weighted by molar-refractivity contribution is 5.46. The van der Waals surface area contributed by atoms with Crippen LogP contribution in [-0.2, 0) is 12.8 Å². The number of rotatable bonds is 1. The van der Waals surface area contributed by atoms with E-state index in [0.29, 0.717) is 5.82 Å². The highest BCUT2D eigenvalue weighted by Crippen LogP contribution is 2.35. The topological polar surface area (TPSA) is 67.0 Å². The summed E-state index contributed by atoms with van der Waals surface area (Å²) in [6.45, 7) is 0.870. The van der Waals surface area contributed by atoms with Crippen molar-refractivity contribution in [3.8, 4) is 5.75 Å². The van der Waals surface area contributed by atoms with Crippen LogP contribution in [0.5, 0.6) is 5.75 Å². The van der Waals surface area contributed by atoms with Crippen LogP contribution in [0.1, 0.15) is 29.5 Å². The summed E-state index contributed by atoms with van der Waals surface area (Å²) in [5, 5.41) is 3.20. The van der Waals surface area contributed by atoms with Crippen molar-refractivity contribution in [2.45, 2.75) is 25.4 Å². The molecule has 0 spiro atoms. The maximum Gasteiger partial charge on any atom is 0.256 e. The summed E-state index contributed by atoms with van der Waals surface area (Å²) >= 11 is 0. The maximum absolute atomic E-state index is 12.1. The summed E-state index contributed by atoms with van der Waals surface area (Å²) in [5.74, 6) is 2.21. The van der Waals surface area contributed by atoms with Crippen LogP contribution >= 0.6 is 0 Å². The van der Waals surface area contributed by atoms with Gasteiger partial charge in [-0.3, -0.25) is 4.79 Å². The fourth-order valence-corrected chi connectivity index (χ4v) is 2.85. The number of benzene rings is 1. The third-order valence-electron chi connectivity index (χ3n) is 3.88. The molecule has 0 aliphatic carbocycles. The fourth-order valence-electron chi connectivity index (χ4n) is 2.85. The van der Waals surface area contributed by atoms with Crippen molar-refractivity contribution in [2.75, 3.05) is 11.9 Å². The highest BCUT2D eigenvalue weighted by atomic mass is 16.5. The largest absolute Gasteiger partial charge is 0.482 e. The van der Waals surface area contributed by atoms with Crippen molar-refractivity contribution in [3.05, 3.63) is 51.6 Å². The van der Waals surface area contributed by atoms with Crippen LogP contribution in [0.2, 0.25) is 0 Å². The summed E-state index contributed by atoms with van der Waals surface area (Å²) in [4.78, 5) is 19.6.